The largest absolute Gasteiger partial charge is 0.455 e. The minimum atomic E-state index is -3.67. The van der Waals surface area contributed by atoms with Gasteiger partial charge in [0, 0.05) is 41.6 Å². The molecule has 0 unspecified atom stereocenters. The van der Waals surface area contributed by atoms with Gasteiger partial charge in [-0.2, -0.15) is 0 Å². The average Bonchev–Trinajstić information content (AvgIpc) is 3.05. The van der Waals surface area contributed by atoms with Crippen LogP contribution in [-0.2, 0) is 10.0 Å². The summed E-state index contributed by atoms with van der Waals surface area (Å²) in [6.45, 7) is 3.69. The standard InChI is InChI=1S/C23H23FN2O5S/c1-23(2)9-10-26(32(4,29)30)17-12-18-16(11-15(17)21(23)27)19(22(28)25-3)20(31-18)13-5-7-14(24)8-6-13/h5-8,11-12H,9-10H2,1-4H3,(H,25,28). The third kappa shape index (κ3) is 3.56. The summed E-state index contributed by atoms with van der Waals surface area (Å²) in [5, 5.41) is 2.95. The molecule has 32 heavy (non-hydrogen) atoms. The number of furan rings is 1. The Morgan fingerprint density at radius 3 is 2.44 bits per heavy atom. The van der Waals surface area contributed by atoms with Crippen LogP contribution in [0.4, 0.5) is 10.1 Å². The highest BCUT2D eigenvalue weighted by molar-refractivity contribution is 7.92. The molecule has 1 amide bonds. The molecule has 1 aliphatic heterocycles. The highest BCUT2D eigenvalue weighted by Gasteiger charge is 2.38. The van der Waals surface area contributed by atoms with Gasteiger partial charge in [-0.15, -0.1) is 0 Å². The Morgan fingerprint density at radius 2 is 1.84 bits per heavy atom. The van der Waals surface area contributed by atoms with E-state index in [2.05, 4.69) is 5.32 Å². The number of carbonyl (C=O) groups is 2. The van der Waals surface area contributed by atoms with Gasteiger partial charge in [-0.1, -0.05) is 13.8 Å². The van der Waals surface area contributed by atoms with Gasteiger partial charge >= 0.3 is 0 Å². The number of carbonyl (C=O) groups excluding carboxylic acids is 2. The highest BCUT2D eigenvalue weighted by Crippen LogP contribution is 2.42. The first kappa shape index (κ1) is 22.0. The van der Waals surface area contributed by atoms with Gasteiger partial charge in [-0.25, -0.2) is 12.8 Å². The van der Waals surface area contributed by atoms with Crippen molar-refractivity contribution in [2.75, 3.05) is 24.2 Å². The molecule has 0 aliphatic carbocycles. The van der Waals surface area contributed by atoms with Crippen molar-refractivity contribution < 1.29 is 26.8 Å². The van der Waals surface area contributed by atoms with E-state index in [9.17, 15) is 22.4 Å². The molecule has 0 saturated carbocycles. The molecular formula is C23H23FN2O5S. The number of ketones is 1. The Kier molecular flexibility index (Phi) is 5.12. The first-order chi connectivity index (χ1) is 14.9. The molecule has 0 saturated heterocycles. The first-order valence-electron chi connectivity index (χ1n) is 10.0. The molecule has 0 radical (unpaired) electrons. The summed E-state index contributed by atoms with van der Waals surface area (Å²) >= 11 is 0. The summed E-state index contributed by atoms with van der Waals surface area (Å²) in [5.41, 5.74) is 0.558. The van der Waals surface area contributed by atoms with E-state index in [0.717, 1.165) is 6.26 Å². The number of nitrogens with one attached hydrogen (secondary N) is 1. The summed E-state index contributed by atoms with van der Waals surface area (Å²) in [5.74, 6) is -0.886. The molecule has 1 aliphatic rings. The fourth-order valence-electron chi connectivity index (χ4n) is 4.00. The number of anilines is 1. The lowest BCUT2D eigenvalue weighted by Gasteiger charge is -2.22. The third-order valence-electron chi connectivity index (χ3n) is 5.84. The van der Waals surface area contributed by atoms with Crippen molar-refractivity contribution in [1.29, 1.82) is 0 Å². The fourth-order valence-corrected chi connectivity index (χ4v) is 4.93. The number of Topliss-reactive ketones (excluding diaryl/α,β-unsaturated/α-hetero) is 1. The second kappa shape index (κ2) is 7.44. The molecule has 7 nitrogen and oxygen atoms in total. The Morgan fingerprint density at radius 1 is 1.19 bits per heavy atom. The van der Waals surface area contributed by atoms with Crippen molar-refractivity contribution in [3.8, 4) is 11.3 Å². The number of benzene rings is 2. The highest BCUT2D eigenvalue weighted by atomic mass is 32.2. The molecule has 0 bridgehead atoms. The van der Waals surface area contributed by atoms with Crippen molar-refractivity contribution in [3.63, 3.8) is 0 Å². The number of fused-ring (bicyclic) bond motifs is 2. The fraction of sp³-hybridized carbons (Fsp3) is 0.304. The normalized spacial score (nSPS) is 16.0. The van der Waals surface area contributed by atoms with Crippen LogP contribution in [0, 0.1) is 11.2 Å². The molecule has 2 aromatic carbocycles. The maximum Gasteiger partial charge on any atom is 0.255 e. The van der Waals surface area contributed by atoms with Crippen molar-refractivity contribution in [3.05, 3.63) is 53.3 Å². The lowest BCUT2D eigenvalue weighted by molar-refractivity contribution is 0.0835. The molecule has 2 heterocycles. The van der Waals surface area contributed by atoms with Crippen LogP contribution in [0.25, 0.3) is 22.3 Å². The van der Waals surface area contributed by atoms with E-state index in [4.69, 9.17) is 4.42 Å². The van der Waals surface area contributed by atoms with Gasteiger partial charge in [-0.05, 0) is 36.8 Å². The molecular weight excluding hydrogens is 435 g/mol. The molecule has 9 heteroatoms. The number of amides is 1. The van der Waals surface area contributed by atoms with Crippen LogP contribution in [0.3, 0.4) is 0 Å². The van der Waals surface area contributed by atoms with E-state index >= 15 is 0 Å². The second-order valence-electron chi connectivity index (χ2n) is 8.56. The summed E-state index contributed by atoms with van der Waals surface area (Å²) in [4.78, 5) is 26.1. The monoisotopic (exact) mass is 458 g/mol. The topological polar surface area (TPSA) is 96.7 Å². The number of halogens is 1. The van der Waals surface area contributed by atoms with Crippen LogP contribution in [0.2, 0.25) is 0 Å². The summed E-state index contributed by atoms with van der Waals surface area (Å²) in [6, 6.07) is 8.50. The molecule has 0 spiro atoms. The number of sulfonamides is 1. The molecule has 4 rings (SSSR count). The van der Waals surface area contributed by atoms with Crippen LogP contribution < -0.4 is 9.62 Å². The van der Waals surface area contributed by atoms with Crippen LogP contribution in [-0.4, -0.2) is 40.0 Å². The Balaban J connectivity index is 2.07. The van der Waals surface area contributed by atoms with Crippen LogP contribution in [0.5, 0.6) is 0 Å². The SMILES string of the molecule is CNC(=O)c1c(-c2ccc(F)cc2)oc2cc3c(cc12)C(=O)C(C)(C)CCN3S(C)(=O)=O. The Labute approximate surface area is 185 Å². The van der Waals surface area contributed by atoms with Gasteiger partial charge in [0.05, 0.1) is 17.5 Å². The average molecular weight is 459 g/mol. The minimum Gasteiger partial charge on any atom is -0.455 e. The van der Waals surface area contributed by atoms with E-state index in [0.29, 0.717) is 17.4 Å². The van der Waals surface area contributed by atoms with Gasteiger partial charge in [0.2, 0.25) is 10.0 Å². The zero-order valence-electron chi connectivity index (χ0n) is 18.2. The molecule has 1 N–H and O–H groups in total. The van der Waals surface area contributed by atoms with Gasteiger partial charge in [0.1, 0.15) is 17.2 Å². The predicted octanol–water partition coefficient (Wildman–Crippen LogP) is 3.98. The second-order valence-corrected chi connectivity index (χ2v) is 10.5. The maximum absolute atomic E-state index is 13.4. The molecule has 0 atom stereocenters. The van der Waals surface area contributed by atoms with Gasteiger partial charge < -0.3 is 9.73 Å². The zero-order chi connectivity index (χ0) is 23.4. The number of nitrogens with zero attached hydrogens (tertiary/aromatic N) is 1. The number of rotatable bonds is 3. The van der Waals surface area contributed by atoms with Crippen molar-refractivity contribution in [2.24, 2.45) is 5.41 Å². The molecule has 3 aromatic rings. The van der Waals surface area contributed by atoms with E-state index in [-0.39, 0.29) is 40.5 Å². The van der Waals surface area contributed by atoms with Crippen LogP contribution >= 0.6 is 0 Å². The molecule has 1 aromatic heterocycles. The Hall–Kier alpha value is -3.20. The lowest BCUT2D eigenvalue weighted by atomic mass is 9.81. The third-order valence-corrected chi connectivity index (χ3v) is 7.02. The zero-order valence-corrected chi connectivity index (χ0v) is 19.0. The van der Waals surface area contributed by atoms with E-state index in [1.54, 1.807) is 13.8 Å². The van der Waals surface area contributed by atoms with Gasteiger partial charge in [0.15, 0.2) is 5.78 Å². The van der Waals surface area contributed by atoms with Crippen molar-refractivity contribution >= 4 is 38.4 Å². The van der Waals surface area contributed by atoms with Crippen molar-refractivity contribution in [1.82, 2.24) is 5.32 Å². The van der Waals surface area contributed by atoms with Gasteiger partial charge in [0.25, 0.3) is 5.91 Å². The lowest BCUT2D eigenvalue weighted by Crippen LogP contribution is -2.31. The van der Waals surface area contributed by atoms with Crippen LogP contribution in [0.15, 0.2) is 40.8 Å². The summed E-state index contributed by atoms with van der Waals surface area (Å²) in [7, 11) is -2.20. The van der Waals surface area contributed by atoms with E-state index in [1.807, 2.05) is 0 Å². The summed E-state index contributed by atoms with van der Waals surface area (Å²) < 4.78 is 45.7. The molecule has 0 fully saturated rings. The van der Waals surface area contributed by atoms with Crippen molar-refractivity contribution in [2.45, 2.75) is 20.3 Å². The summed E-state index contributed by atoms with van der Waals surface area (Å²) in [6.07, 6.45) is 1.43. The quantitative estimate of drug-likeness (QED) is 0.641. The van der Waals surface area contributed by atoms with E-state index < -0.39 is 27.2 Å². The Bertz CT molecular complexity index is 1360. The predicted molar refractivity (Wildman–Crippen MR) is 120 cm³/mol. The van der Waals surface area contributed by atoms with Gasteiger partial charge in [-0.3, -0.25) is 13.9 Å². The number of hydrogen-bond donors (Lipinski definition) is 1. The smallest absolute Gasteiger partial charge is 0.255 e. The number of hydrogen-bond acceptors (Lipinski definition) is 5. The maximum atomic E-state index is 13.4. The van der Waals surface area contributed by atoms with E-state index in [1.165, 1.54) is 47.8 Å². The first-order valence-corrected chi connectivity index (χ1v) is 11.9. The molecule has 168 valence electrons. The minimum absolute atomic E-state index is 0.143. The van der Waals surface area contributed by atoms with Crippen LogP contribution in [0.1, 0.15) is 41.0 Å².